The van der Waals surface area contributed by atoms with E-state index in [-0.39, 0.29) is 17.9 Å². The number of aromatic amines is 1. The summed E-state index contributed by atoms with van der Waals surface area (Å²) in [6.45, 7) is 7.82. The highest BCUT2D eigenvalue weighted by atomic mass is 35.5. The number of carbonyl (C=O) groups is 1. The molecule has 0 radical (unpaired) electrons. The molecule has 0 aliphatic heterocycles. The van der Waals surface area contributed by atoms with Crippen LogP contribution in [-0.4, -0.2) is 20.5 Å². The first-order chi connectivity index (χ1) is 16.7. The molecular weight excluding hydrogens is 538 g/mol. The molecule has 0 aliphatic carbocycles. The Bertz CT molecular complexity index is 1510. The Kier molecular flexibility index (Phi) is 8.62. The molecule has 0 saturated heterocycles. The van der Waals surface area contributed by atoms with E-state index in [0.29, 0.717) is 25.7 Å². The molecule has 2 aromatic heterocycles. The number of hydrogen-bond donors (Lipinski definition) is 3. The maximum Gasteiger partial charge on any atom is 0.269 e. The second kappa shape index (κ2) is 11.4. The van der Waals surface area contributed by atoms with Crippen molar-refractivity contribution < 1.29 is 15.6 Å². The van der Waals surface area contributed by atoms with E-state index in [1.54, 1.807) is 24.3 Å². The number of carbonyl (C=O) groups excluding carboxylic acids is 1. The van der Waals surface area contributed by atoms with E-state index < -0.39 is 22.9 Å². The lowest BCUT2D eigenvalue weighted by atomic mass is 10.2. The van der Waals surface area contributed by atoms with Crippen molar-refractivity contribution in [2.24, 2.45) is 0 Å². The van der Waals surface area contributed by atoms with E-state index in [9.17, 15) is 14.7 Å². The van der Waals surface area contributed by atoms with Crippen LogP contribution in [0.3, 0.4) is 0 Å². The van der Waals surface area contributed by atoms with Crippen molar-refractivity contribution in [2.75, 3.05) is 0 Å². The van der Waals surface area contributed by atoms with Crippen molar-refractivity contribution in [3.8, 4) is 5.75 Å². The Hall–Kier alpha value is -3.26. The summed E-state index contributed by atoms with van der Waals surface area (Å²) in [5, 5.41) is 18.9. The van der Waals surface area contributed by atoms with Gasteiger partial charge in [-0.1, -0.05) is 58.5 Å². The summed E-state index contributed by atoms with van der Waals surface area (Å²) in [6.07, 6.45) is 1.23. The van der Waals surface area contributed by atoms with Crippen molar-refractivity contribution in [3.63, 3.8) is 0 Å². The number of nitrogens with one attached hydrogen (secondary N) is 2. The van der Waals surface area contributed by atoms with Gasteiger partial charge < -0.3 is 21.3 Å². The largest absolute Gasteiger partial charge is 0.867 e. The number of H-pyrrole nitrogens is 1. The van der Waals surface area contributed by atoms with Crippen LogP contribution < -0.4 is 21.7 Å². The quantitative estimate of drug-likeness (QED) is 0.333. The highest BCUT2D eigenvalue weighted by Crippen LogP contribution is 2.23. The molecule has 9 nitrogen and oxygen atoms in total. The number of benzene rings is 2. The second-order valence-corrected chi connectivity index (χ2v) is 8.58. The van der Waals surface area contributed by atoms with Crippen LogP contribution in [0.5, 0.6) is 5.75 Å². The molecule has 0 atom stereocenters. The Balaban J connectivity index is 0.000000287. The number of quaternary nitrogens is 1. The van der Waals surface area contributed by atoms with Crippen LogP contribution in [0, 0.1) is 6.57 Å². The Labute approximate surface area is 218 Å². The molecule has 1 amide bonds. The van der Waals surface area contributed by atoms with E-state index in [4.69, 9.17) is 53.0 Å². The van der Waals surface area contributed by atoms with Crippen LogP contribution in [-0.2, 0) is 13.1 Å². The van der Waals surface area contributed by atoms with E-state index >= 15 is 0 Å². The SMILES string of the molecule is [C-]#[N+]c1c[nH]n2c(=O)c([O-])c(C(=O)NCc3ccc(Cl)c(Cl)c3)nc12.[NH3+]Cc1ccc(Cl)c(Cl)c1. The van der Waals surface area contributed by atoms with Crippen molar-refractivity contribution in [3.05, 3.63) is 101 Å². The summed E-state index contributed by atoms with van der Waals surface area (Å²) >= 11 is 23.1. The number of halogens is 4. The second-order valence-electron chi connectivity index (χ2n) is 6.95. The van der Waals surface area contributed by atoms with Crippen molar-refractivity contribution in [1.82, 2.24) is 19.9 Å². The molecule has 0 saturated carbocycles. The normalized spacial score (nSPS) is 10.4. The third-order valence-electron chi connectivity index (χ3n) is 4.65. The average molecular weight is 554 g/mol. The molecule has 0 aliphatic rings. The summed E-state index contributed by atoms with van der Waals surface area (Å²) in [5.41, 5.74) is 3.86. The van der Waals surface area contributed by atoms with Gasteiger partial charge in [0.25, 0.3) is 11.5 Å². The van der Waals surface area contributed by atoms with E-state index in [0.717, 1.165) is 16.6 Å². The smallest absolute Gasteiger partial charge is 0.269 e. The number of aromatic nitrogens is 3. The summed E-state index contributed by atoms with van der Waals surface area (Å²) < 4.78 is 0.825. The fourth-order valence-electron chi connectivity index (χ4n) is 2.83. The third-order valence-corrected chi connectivity index (χ3v) is 6.12. The monoisotopic (exact) mass is 552 g/mol. The topological polar surface area (TPSA) is 134 Å². The third kappa shape index (κ3) is 6.06. The molecule has 0 spiro atoms. The standard InChI is InChI=1S/C15H9Cl2N5O3.C7H7Cl2N/c1-18-10-6-20-22-13(10)21-11(12(23)15(22)25)14(24)19-5-7-2-3-8(16)9(17)4-7;8-6-2-1-5(4-10)3-7(6)9/h2-4,6,20,23H,5H2,(H,19,24);1-3H,4,10H2. The van der Waals surface area contributed by atoms with Crippen LogP contribution in [0.25, 0.3) is 10.5 Å². The molecule has 4 aromatic rings. The van der Waals surface area contributed by atoms with E-state index in [2.05, 4.69) is 26.0 Å². The fraction of sp³-hybridized carbons (Fsp3) is 0.0909. The Morgan fingerprint density at radius 3 is 2.26 bits per heavy atom. The molecule has 13 heteroatoms. The first kappa shape index (κ1) is 26.3. The Morgan fingerprint density at radius 2 is 1.69 bits per heavy atom. The molecule has 35 heavy (non-hydrogen) atoms. The molecule has 2 heterocycles. The van der Waals surface area contributed by atoms with Crippen LogP contribution >= 0.6 is 46.4 Å². The minimum Gasteiger partial charge on any atom is -0.867 e. The molecule has 0 fully saturated rings. The molecule has 0 unspecified atom stereocenters. The van der Waals surface area contributed by atoms with Crippen LogP contribution in [0.15, 0.2) is 47.4 Å². The van der Waals surface area contributed by atoms with Gasteiger partial charge >= 0.3 is 0 Å². The van der Waals surface area contributed by atoms with Gasteiger partial charge in [-0.25, -0.2) is 14.3 Å². The summed E-state index contributed by atoms with van der Waals surface area (Å²) in [4.78, 5) is 31.3. The molecule has 5 N–H and O–H groups in total. The number of hydrogen-bond acceptors (Lipinski definition) is 4. The first-order valence-corrected chi connectivity index (χ1v) is 11.3. The summed E-state index contributed by atoms with van der Waals surface area (Å²) in [5.74, 6) is -1.89. The van der Waals surface area contributed by atoms with Crippen LogP contribution in [0.1, 0.15) is 21.6 Å². The molecule has 180 valence electrons. The van der Waals surface area contributed by atoms with Gasteiger partial charge in [-0.05, 0) is 35.6 Å². The predicted octanol–water partition coefficient (Wildman–Crippen LogP) is 3.62. The van der Waals surface area contributed by atoms with Crippen molar-refractivity contribution in [1.29, 1.82) is 0 Å². The lowest BCUT2D eigenvalue weighted by Crippen LogP contribution is -2.47. The first-order valence-electron chi connectivity index (χ1n) is 9.80. The van der Waals surface area contributed by atoms with Gasteiger partial charge in [0.1, 0.15) is 5.69 Å². The van der Waals surface area contributed by atoms with Gasteiger partial charge in [0.2, 0.25) is 5.69 Å². The number of nitrogens with zero attached hydrogens (tertiary/aromatic N) is 3. The summed E-state index contributed by atoms with van der Waals surface area (Å²) in [6, 6.07) is 10.3. The zero-order chi connectivity index (χ0) is 25.7. The lowest BCUT2D eigenvalue weighted by Gasteiger charge is -2.12. The van der Waals surface area contributed by atoms with Gasteiger partial charge in [-0.3, -0.25) is 9.59 Å². The number of amides is 1. The summed E-state index contributed by atoms with van der Waals surface area (Å²) in [7, 11) is 0. The zero-order valence-electron chi connectivity index (χ0n) is 17.7. The van der Waals surface area contributed by atoms with E-state index in [1.807, 2.05) is 12.1 Å². The van der Waals surface area contributed by atoms with Gasteiger partial charge in [0.05, 0.1) is 33.2 Å². The highest BCUT2D eigenvalue weighted by Gasteiger charge is 2.16. The van der Waals surface area contributed by atoms with Crippen LogP contribution in [0.2, 0.25) is 20.1 Å². The minimum atomic E-state index is -1.07. The maximum absolute atomic E-state index is 12.2. The minimum absolute atomic E-state index is 0.0237. The average Bonchev–Trinajstić information content (AvgIpc) is 3.27. The van der Waals surface area contributed by atoms with Gasteiger partial charge in [-0.15, -0.1) is 0 Å². The van der Waals surface area contributed by atoms with Crippen LogP contribution in [0.4, 0.5) is 5.69 Å². The van der Waals surface area contributed by atoms with E-state index in [1.165, 1.54) is 6.20 Å². The maximum atomic E-state index is 12.2. The zero-order valence-corrected chi connectivity index (χ0v) is 20.8. The van der Waals surface area contributed by atoms with Gasteiger partial charge in [0.15, 0.2) is 5.65 Å². The molecule has 4 rings (SSSR count). The fourth-order valence-corrected chi connectivity index (χ4v) is 3.48. The highest BCUT2D eigenvalue weighted by molar-refractivity contribution is 6.42. The predicted molar refractivity (Wildman–Crippen MR) is 132 cm³/mol. The molecule has 0 bridgehead atoms. The van der Waals surface area contributed by atoms with Crippen molar-refractivity contribution in [2.45, 2.75) is 13.1 Å². The van der Waals surface area contributed by atoms with Gasteiger partial charge in [-0.2, -0.15) is 0 Å². The lowest BCUT2D eigenvalue weighted by molar-refractivity contribution is -0.386. The Morgan fingerprint density at radius 1 is 1.09 bits per heavy atom. The number of rotatable bonds is 4. The van der Waals surface area contributed by atoms with Gasteiger partial charge in [0, 0.05) is 18.3 Å². The van der Waals surface area contributed by atoms with Crippen molar-refractivity contribution >= 4 is 63.6 Å². The molecular formula is C22H16Cl4N6O3. The molecule has 2 aromatic carbocycles. The number of fused-ring (bicyclic) bond motifs is 1.